The van der Waals surface area contributed by atoms with Crippen LogP contribution in [0.15, 0.2) is 18.2 Å². The Morgan fingerprint density at radius 1 is 1.16 bits per heavy atom. The molecule has 0 saturated carbocycles. The van der Waals surface area contributed by atoms with Gasteiger partial charge in [0.05, 0.1) is 22.7 Å². The molecule has 2 aromatic rings. The summed E-state index contributed by atoms with van der Waals surface area (Å²) in [4.78, 5) is 75.8. The van der Waals surface area contributed by atoms with Crippen molar-refractivity contribution in [3.8, 4) is 0 Å². The fourth-order valence-corrected chi connectivity index (χ4v) is 5.80. The van der Waals surface area contributed by atoms with Crippen molar-refractivity contribution >= 4 is 51.7 Å². The Morgan fingerprint density at radius 3 is 2.58 bits per heavy atom. The number of esters is 2. The van der Waals surface area contributed by atoms with E-state index in [1.165, 1.54) is 23.5 Å². The summed E-state index contributed by atoms with van der Waals surface area (Å²) in [5, 5.41) is 14.3. The number of nitrogens with zero attached hydrogens (tertiary/aromatic N) is 2. The van der Waals surface area contributed by atoms with Crippen LogP contribution in [0.25, 0.3) is 0 Å². The molecule has 0 saturated heterocycles. The van der Waals surface area contributed by atoms with E-state index in [2.05, 4.69) is 5.32 Å². The van der Waals surface area contributed by atoms with Crippen molar-refractivity contribution in [2.75, 3.05) is 18.5 Å². The Bertz CT molecular complexity index is 1350. The van der Waals surface area contributed by atoms with Gasteiger partial charge in [0.15, 0.2) is 6.10 Å². The van der Waals surface area contributed by atoms with Crippen LogP contribution >= 0.6 is 11.3 Å². The lowest BCUT2D eigenvalue weighted by molar-refractivity contribution is -0.385. The second-order valence-corrected chi connectivity index (χ2v) is 9.77. The summed E-state index contributed by atoms with van der Waals surface area (Å²) >= 11 is 1.29. The SMILES string of the molecule is CCOC(=O)c1c(NC(=O)[C@@H](CC)OC(=O)CN2C(=O)c3cccc([N+](=O)[O-])c3C2=O)sc2c1CCCC2. The van der Waals surface area contributed by atoms with Crippen LogP contribution in [0.3, 0.4) is 0 Å². The average Bonchev–Trinajstić information content (AvgIpc) is 3.37. The van der Waals surface area contributed by atoms with Gasteiger partial charge in [0.1, 0.15) is 17.1 Å². The number of nitro groups is 1. The monoisotopic (exact) mass is 543 g/mol. The number of ether oxygens (including phenoxy) is 2. The number of hydrogen-bond donors (Lipinski definition) is 1. The molecule has 12 nitrogen and oxygen atoms in total. The molecule has 1 aliphatic heterocycles. The number of benzene rings is 1. The normalized spacial score (nSPS) is 14.9. The number of thiophene rings is 1. The van der Waals surface area contributed by atoms with E-state index in [1.54, 1.807) is 13.8 Å². The van der Waals surface area contributed by atoms with Crippen LogP contribution in [0, 0.1) is 10.1 Å². The predicted molar refractivity (Wildman–Crippen MR) is 134 cm³/mol. The topological polar surface area (TPSA) is 162 Å². The standard InChI is InChI=1S/C25H25N3O9S/c1-3-16(21(30)26-22-20(25(33)36-4-2)13-8-5-6-11-17(13)38-22)37-18(29)12-27-23(31)14-9-7-10-15(28(34)35)19(14)24(27)32/h7,9-10,16H,3-6,8,11-12H2,1-2H3,(H,26,30)/t16-/m1/s1. The molecule has 3 amide bonds. The highest BCUT2D eigenvalue weighted by atomic mass is 32.1. The fourth-order valence-electron chi connectivity index (χ4n) is 4.52. The number of nitrogens with one attached hydrogen (secondary N) is 1. The summed E-state index contributed by atoms with van der Waals surface area (Å²) in [7, 11) is 0. The number of amides is 3. The first kappa shape index (κ1) is 26.9. The molecular weight excluding hydrogens is 518 g/mol. The van der Waals surface area contributed by atoms with Gasteiger partial charge in [0.25, 0.3) is 23.4 Å². The van der Waals surface area contributed by atoms with E-state index in [0.29, 0.717) is 21.9 Å². The molecule has 1 N–H and O–H groups in total. The zero-order chi connectivity index (χ0) is 27.6. The maximum absolute atomic E-state index is 13.0. The summed E-state index contributed by atoms with van der Waals surface area (Å²) in [6.45, 7) is 2.64. The van der Waals surface area contributed by atoms with Crippen molar-refractivity contribution in [3.63, 3.8) is 0 Å². The molecule has 2 aliphatic rings. The Morgan fingerprint density at radius 2 is 1.89 bits per heavy atom. The zero-order valence-electron chi connectivity index (χ0n) is 20.7. The summed E-state index contributed by atoms with van der Waals surface area (Å²) in [6.07, 6.45) is 2.17. The molecule has 1 atom stereocenters. The van der Waals surface area contributed by atoms with Gasteiger partial charge in [-0.15, -0.1) is 11.3 Å². The van der Waals surface area contributed by atoms with Gasteiger partial charge in [-0.2, -0.15) is 0 Å². The molecule has 4 rings (SSSR count). The maximum atomic E-state index is 13.0. The van der Waals surface area contributed by atoms with Crippen LogP contribution < -0.4 is 5.32 Å². The van der Waals surface area contributed by atoms with Crippen LogP contribution in [0.1, 0.15) is 74.6 Å². The van der Waals surface area contributed by atoms with E-state index in [-0.39, 0.29) is 18.6 Å². The van der Waals surface area contributed by atoms with Crippen molar-refractivity contribution in [3.05, 3.63) is 55.4 Å². The molecule has 1 aromatic heterocycles. The van der Waals surface area contributed by atoms with Gasteiger partial charge in [-0.05, 0) is 50.7 Å². The number of anilines is 1. The molecule has 2 heterocycles. The van der Waals surface area contributed by atoms with E-state index in [1.807, 2.05) is 0 Å². The van der Waals surface area contributed by atoms with E-state index in [9.17, 15) is 34.1 Å². The van der Waals surface area contributed by atoms with Crippen molar-refractivity contribution in [1.82, 2.24) is 4.90 Å². The van der Waals surface area contributed by atoms with E-state index >= 15 is 0 Å². The first-order valence-corrected chi connectivity index (χ1v) is 12.9. The Hall–Kier alpha value is -4.13. The molecule has 200 valence electrons. The Kier molecular flexibility index (Phi) is 7.86. The first-order chi connectivity index (χ1) is 18.2. The Balaban J connectivity index is 1.47. The van der Waals surface area contributed by atoms with Gasteiger partial charge in [-0.25, -0.2) is 4.79 Å². The second-order valence-electron chi connectivity index (χ2n) is 8.66. The molecule has 0 spiro atoms. The predicted octanol–water partition coefficient (Wildman–Crippen LogP) is 3.27. The smallest absolute Gasteiger partial charge is 0.341 e. The summed E-state index contributed by atoms with van der Waals surface area (Å²) in [5.41, 5.74) is 0.0511. The van der Waals surface area contributed by atoms with Crippen LogP contribution in [0.5, 0.6) is 0 Å². The third-order valence-corrected chi connectivity index (χ3v) is 7.49. The highest BCUT2D eigenvalue weighted by molar-refractivity contribution is 7.17. The van der Waals surface area contributed by atoms with Crippen LogP contribution in [-0.2, 0) is 31.9 Å². The van der Waals surface area contributed by atoms with Gasteiger partial charge in [0, 0.05) is 10.9 Å². The van der Waals surface area contributed by atoms with Crippen LogP contribution in [-0.4, -0.2) is 58.7 Å². The number of rotatable bonds is 9. The zero-order valence-corrected chi connectivity index (χ0v) is 21.6. The van der Waals surface area contributed by atoms with Crippen molar-refractivity contribution in [2.45, 2.75) is 52.1 Å². The lowest BCUT2D eigenvalue weighted by Gasteiger charge is -2.18. The molecule has 0 fully saturated rings. The highest BCUT2D eigenvalue weighted by Crippen LogP contribution is 2.39. The van der Waals surface area contributed by atoms with Gasteiger partial charge in [-0.1, -0.05) is 13.0 Å². The van der Waals surface area contributed by atoms with Crippen LogP contribution in [0.4, 0.5) is 10.7 Å². The highest BCUT2D eigenvalue weighted by Gasteiger charge is 2.42. The lowest BCUT2D eigenvalue weighted by atomic mass is 9.95. The molecule has 38 heavy (non-hydrogen) atoms. The number of carbonyl (C=O) groups excluding carboxylic acids is 5. The van der Waals surface area contributed by atoms with Crippen molar-refractivity contribution in [2.24, 2.45) is 0 Å². The second kappa shape index (κ2) is 11.1. The van der Waals surface area contributed by atoms with Crippen molar-refractivity contribution in [1.29, 1.82) is 0 Å². The Labute approximate surface area is 221 Å². The lowest BCUT2D eigenvalue weighted by Crippen LogP contribution is -2.39. The molecule has 0 radical (unpaired) electrons. The summed E-state index contributed by atoms with van der Waals surface area (Å²) in [6, 6.07) is 3.63. The molecule has 1 aromatic carbocycles. The van der Waals surface area contributed by atoms with E-state index in [4.69, 9.17) is 9.47 Å². The molecule has 13 heteroatoms. The number of carbonyl (C=O) groups is 5. The number of fused-ring (bicyclic) bond motifs is 2. The maximum Gasteiger partial charge on any atom is 0.341 e. The summed E-state index contributed by atoms with van der Waals surface area (Å²) in [5.74, 6) is -4.11. The van der Waals surface area contributed by atoms with Gasteiger partial charge in [0.2, 0.25) is 0 Å². The van der Waals surface area contributed by atoms with Gasteiger partial charge in [-0.3, -0.25) is 34.2 Å². The van der Waals surface area contributed by atoms with Crippen molar-refractivity contribution < 1.29 is 38.4 Å². The van der Waals surface area contributed by atoms with Gasteiger partial charge >= 0.3 is 11.9 Å². The number of nitro benzene ring substituents is 1. The first-order valence-electron chi connectivity index (χ1n) is 12.1. The minimum atomic E-state index is -1.28. The molecule has 0 unspecified atom stereocenters. The third-order valence-electron chi connectivity index (χ3n) is 6.29. The van der Waals surface area contributed by atoms with Crippen LogP contribution in [0.2, 0.25) is 0 Å². The minimum absolute atomic E-state index is 0.0744. The fraction of sp³-hybridized carbons (Fsp3) is 0.400. The van der Waals surface area contributed by atoms with E-state index < -0.39 is 58.5 Å². The minimum Gasteiger partial charge on any atom is -0.462 e. The summed E-state index contributed by atoms with van der Waals surface area (Å²) < 4.78 is 10.5. The molecule has 1 aliphatic carbocycles. The molecular formula is C25H25N3O9S. The van der Waals surface area contributed by atoms with Gasteiger partial charge < -0.3 is 14.8 Å². The number of imide groups is 1. The van der Waals surface area contributed by atoms with E-state index in [0.717, 1.165) is 35.8 Å². The number of hydrogen-bond acceptors (Lipinski definition) is 10. The number of aryl methyl sites for hydroxylation is 1. The quantitative estimate of drug-likeness (QED) is 0.216. The largest absolute Gasteiger partial charge is 0.462 e. The molecule has 0 bridgehead atoms. The average molecular weight is 544 g/mol. The third kappa shape index (κ3) is 5.01.